The van der Waals surface area contributed by atoms with Crippen LogP contribution in [0.25, 0.3) is 0 Å². The van der Waals surface area contributed by atoms with Gasteiger partial charge in [-0.3, -0.25) is 0 Å². The Morgan fingerprint density at radius 3 is 2.45 bits per heavy atom. The molecule has 0 bridgehead atoms. The summed E-state index contributed by atoms with van der Waals surface area (Å²) in [5.41, 5.74) is 0.495. The van der Waals surface area contributed by atoms with E-state index in [-0.39, 0.29) is 41.9 Å². The van der Waals surface area contributed by atoms with E-state index in [2.05, 4.69) is 10.1 Å². The van der Waals surface area contributed by atoms with E-state index < -0.39 is 11.9 Å². The maximum atomic E-state index is 11.5. The Bertz CT molecular complexity index is 484. The first kappa shape index (κ1) is 18.5. The average Bonchev–Trinajstić information content (AvgIpc) is 2.39. The summed E-state index contributed by atoms with van der Waals surface area (Å²) >= 11 is 0. The van der Waals surface area contributed by atoms with Crippen LogP contribution in [0.3, 0.4) is 0 Å². The number of phenolic OH excluding ortho intramolecular Hbond substituents is 1. The molecule has 2 N–H and O–H groups in total. The number of carbonyl (C=O) groups excluding carboxylic acids is 2. The van der Waals surface area contributed by atoms with Gasteiger partial charge in [0.25, 0.3) is 0 Å². The molecule has 1 aromatic carbocycles. The Labute approximate surface area is 139 Å². The zero-order valence-corrected chi connectivity index (χ0v) is 13.7. The number of carbonyl (C=O) groups is 2. The number of benzene rings is 1. The van der Waals surface area contributed by atoms with Gasteiger partial charge >= 0.3 is 41.5 Å². The first-order chi connectivity index (χ1) is 9.01. The van der Waals surface area contributed by atoms with E-state index >= 15 is 0 Å². The third-order valence-corrected chi connectivity index (χ3v) is 2.12. The van der Waals surface area contributed by atoms with Crippen LogP contribution in [0, 0.1) is 0 Å². The molecule has 0 heterocycles. The number of hydrogen-bond donors (Lipinski definition) is 2. The normalized spacial score (nSPS) is 10.2. The van der Waals surface area contributed by atoms with Crippen molar-refractivity contribution in [3.8, 4) is 11.5 Å². The number of ether oxygens (including phenoxy) is 2. The van der Waals surface area contributed by atoms with E-state index in [9.17, 15) is 9.59 Å². The third-order valence-electron chi connectivity index (χ3n) is 2.12. The maximum absolute atomic E-state index is 11.5. The molecule has 102 valence electrons. The zero-order chi connectivity index (χ0) is 14.3. The molecular weight excluding hydrogens is 273 g/mol. The smallest absolute Gasteiger partial charge is 0.508 e. The maximum Gasteiger partial charge on any atom is 1.00 e. The fourth-order valence-corrected chi connectivity index (χ4v) is 1.18. The molecule has 0 unspecified atom stereocenters. The van der Waals surface area contributed by atoms with Gasteiger partial charge in [0.1, 0.15) is 18.0 Å². The predicted octanol–water partition coefficient (Wildman–Crippen LogP) is -2.03. The summed E-state index contributed by atoms with van der Waals surface area (Å²) < 4.78 is 9.43. The van der Waals surface area contributed by atoms with Crippen molar-refractivity contribution in [1.82, 2.24) is 5.32 Å². The third kappa shape index (κ3) is 7.18. The van der Waals surface area contributed by atoms with Crippen molar-refractivity contribution in [2.45, 2.75) is 6.92 Å². The summed E-state index contributed by atoms with van der Waals surface area (Å²) in [7, 11) is 1.27. The average molecular weight is 288 g/mol. The minimum atomic E-state index is -0.511. The van der Waals surface area contributed by atoms with Gasteiger partial charge < -0.3 is 19.9 Å². The summed E-state index contributed by atoms with van der Waals surface area (Å²) in [4.78, 5) is 22.4. The zero-order valence-electron chi connectivity index (χ0n) is 11.7. The summed E-state index contributed by atoms with van der Waals surface area (Å²) in [5, 5.41) is 11.8. The van der Waals surface area contributed by atoms with Crippen molar-refractivity contribution >= 4 is 11.9 Å². The van der Waals surface area contributed by atoms with Gasteiger partial charge in [0.2, 0.25) is 0 Å². The van der Waals surface area contributed by atoms with Crippen molar-refractivity contribution in [1.29, 1.82) is 0 Å². The molecule has 0 atom stereocenters. The van der Waals surface area contributed by atoms with Gasteiger partial charge in [-0.25, -0.2) is 9.59 Å². The molecule has 0 aliphatic heterocycles. The van der Waals surface area contributed by atoms with Crippen LogP contribution in [-0.4, -0.2) is 30.7 Å². The molecule has 0 aliphatic carbocycles. The monoisotopic (exact) mass is 288 g/mol. The molecule has 0 fully saturated rings. The number of methoxy groups -OCH3 is 1. The SMILES string of the molecule is COC(=O)/C=C(\C)NCC(=O)Oc1ccc(O)cc1.[Na+]. The molecule has 7 heteroatoms. The minimum Gasteiger partial charge on any atom is -0.508 e. The summed E-state index contributed by atoms with van der Waals surface area (Å²) in [5.74, 6) is -0.589. The van der Waals surface area contributed by atoms with E-state index in [1.54, 1.807) is 6.92 Å². The van der Waals surface area contributed by atoms with Crippen LogP contribution in [-0.2, 0) is 14.3 Å². The standard InChI is InChI=1S/C13H15NO5.Na/c1-9(7-12(16)18-2)14-8-13(17)19-11-5-3-10(15)4-6-11;/h3-7,14-15H,8H2,1-2H3;/q;+1/b9-7+;. The van der Waals surface area contributed by atoms with E-state index in [0.29, 0.717) is 11.4 Å². The number of esters is 2. The van der Waals surface area contributed by atoms with Crippen LogP contribution in [0.1, 0.15) is 6.92 Å². The van der Waals surface area contributed by atoms with Crippen LogP contribution in [0.2, 0.25) is 0 Å². The first-order valence-corrected chi connectivity index (χ1v) is 5.51. The second kappa shape index (κ2) is 9.41. The number of aromatic hydroxyl groups is 1. The molecule has 1 rings (SSSR count). The topological polar surface area (TPSA) is 84.9 Å². The van der Waals surface area contributed by atoms with Crippen molar-refractivity contribution in [3.05, 3.63) is 36.0 Å². The molecule has 0 saturated carbocycles. The Hall–Kier alpha value is -1.50. The number of allylic oxidation sites excluding steroid dienone is 1. The van der Waals surface area contributed by atoms with Gasteiger partial charge in [-0.05, 0) is 31.2 Å². The summed E-state index contributed by atoms with van der Waals surface area (Å²) in [6, 6.07) is 5.78. The van der Waals surface area contributed by atoms with Gasteiger partial charge in [0.05, 0.1) is 7.11 Å². The number of nitrogens with one attached hydrogen (secondary N) is 1. The number of hydrogen-bond acceptors (Lipinski definition) is 6. The number of phenols is 1. The van der Waals surface area contributed by atoms with E-state index in [1.807, 2.05) is 0 Å². The van der Waals surface area contributed by atoms with Crippen LogP contribution >= 0.6 is 0 Å². The van der Waals surface area contributed by atoms with Crippen LogP contribution in [0.4, 0.5) is 0 Å². The molecule has 1 aromatic rings. The molecule has 0 spiro atoms. The van der Waals surface area contributed by atoms with Gasteiger partial charge in [-0.15, -0.1) is 0 Å². The van der Waals surface area contributed by atoms with E-state index in [1.165, 1.54) is 37.5 Å². The van der Waals surface area contributed by atoms with Gasteiger partial charge in [-0.2, -0.15) is 0 Å². The first-order valence-electron chi connectivity index (χ1n) is 5.51. The van der Waals surface area contributed by atoms with Crippen LogP contribution < -0.4 is 39.6 Å². The molecule has 0 amide bonds. The van der Waals surface area contributed by atoms with Crippen LogP contribution in [0.15, 0.2) is 36.0 Å². The molecular formula is C13H15NNaO5+. The molecule has 0 saturated heterocycles. The molecule has 0 aromatic heterocycles. The Balaban J connectivity index is 0.00000361. The van der Waals surface area contributed by atoms with E-state index in [4.69, 9.17) is 9.84 Å². The van der Waals surface area contributed by atoms with Crippen molar-refractivity contribution in [2.24, 2.45) is 0 Å². The van der Waals surface area contributed by atoms with Gasteiger partial charge in [0.15, 0.2) is 0 Å². The largest absolute Gasteiger partial charge is 1.00 e. The minimum absolute atomic E-state index is 0. The second-order valence-corrected chi connectivity index (χ2v) is 3.67. The predicted molar refractivity (Wildman–Crippen MR) is 67.5 cm³/mol. The van der Waals surface area contributed by atoms with Crippen LogP contribution in [0.5, 0.6) is 11.5 Å². The number of rotatable bonds is 5. The van der Waals surface area contributed by atoms with Gasteiger partial charge in [-0.1, -0.05) is 0 Å². The fraction of sp³-hybridized carbons (Fsp3) is 0.231. The Morgan fingerprint density at radius 1 is 1.30 bits per heavy atom. The summed E-state index contributed by atoms with van der Waals surface area (Å²) in [6.07, 6.45) is 1.23. The van der Waals surface area contributed by atoms with Crippen molar-refractivity contribution in [3.63, 3.8) is 0 Å². The molecule has 0 radical (unpaired) electrons. The second-order valence-electron chi connectivity index (χ2n) is 3.67. The van der Waals surface area contributed by atoms with Crippen molar-refractivity contribution in [2.75, 3.05) is 13.7 Å². The molecule has 6 nitrogen and oxygen atoms in total. The Kier molecular flexibility index (Phi) is 8.71. The molecule has 20 heavy (non-hydrogen) atoms. The van der Waals surface area contributed by atoms with Gasteiger partial charge in [0, 0.05) is 11.8 Å². The molecule has 0 aliphatic rings. The summed E-state index contributed by atoms with van der Waals surface area (Å²) in [6.45, 7) is 1.55. The van der Waals surface area contributed by atoms with Crippen molar-refractivity contribution < 1.29 is 53.7 Å². The fourth-order valence-electron chi connectivity index (χ4n) is 1.18. The van der Waals surface area contributed by atoms with E-state index in [0.717, 1.165) is 0 Å². The Morgan fingerprint density at radius 2 is 1.90 bits per heavy atom. The quantitative estimate of drug-likeness (QED) is 0.281.